The fourth-order valence-corrected chi connectivity index (χ4v) is 1.75. The SMILES string of the molecule is CC(C)CNC(=O)CN(C)CCOc1cccc(Cl)c1. The number of benzene rings is 1. The molecule has 1 N–H and O–H groups in total. The number of nitrogens with zero attached hydrogens (tertiary/aromatic N) is 1. The molecule has 0 unspecified atom stereocenters. The van der Waals surface area contributed by atoms with E-state index in [2.05, 4.69) is 19.2 Å². The molecule has 0 aliphatic carbocycles. The topological polar surface area (TPSA) is 41.6 Å². The van der Waals surface area contributed by atoms with E-state index in [1.54, 1.807) is 12.1 Å². The van der Waals surface area contributed by atoms with E-state index in [1.807, 2.05) is 24.1 Å². The van der Waals surface area contributed by atoms with Gasteiger partial charge in [0, 0.05) is 18.1 Å². The maximum Gasteiger partial charge on any atom is 0.234 e. The summed E-state index contributed by atoms with van der Waals surface area (Å²) in [6, 6.07) is 7.29. The lowest BCUT2D eigenvalue weighted by atomic mass is 10.2. The molecule has 0 fully saturated rings. The molecule has 4 nitrogen and oxygen atoms in total. The number of amides is 1. The second-order valence-corrected chi connectivity index (χ2v) is 5.68. The standard InChI is InChI=1S/C15H23ClN2O2/c1-12(2)10-17-15(19)11-18(3)7-8-20-14-6-4-5-13(16)9-14/h4-6,9,12H,7-8,10-11H2,1-3H3,(H,17,19). The Morgan fingerprint density at radius 3 is 2.85 bits per heavy atom. The second kappa shape index (κ2) is 8.82. The summed E-state index contributed by atoms with van der Waals surface area (Å²) >= 11 is 5.87. The van der Waals surface area contributed by atoms with Crippen molar-refractivity contribution in [3.8, 4) is 5.75 Å². The van der Waals surface area contributed by atoms with Gasteiger partial charge in [-0.25, -0.2) is 0 Å². The Kier molecular flexibility index (Phi) is 7.41. The molecule has 0 aliphatic heterocycles. The number of hydrogen-bond acceptors (Lipinski definition) is 3. The molecule has 0 aromatic heterocycles. The molecule has 20 heavy (non-hydrogen) atoms. The number of carbonyl (C=O) groups excluding carboxylic acids is 1. The highest BCUT2D eigenvalue weighted by Crippen LogP contribution is 2.16. The first kappa shape index (κ1) is 16.8. The zero-order valence-electron chi connectivity index (χ0n) is 12.4. The Morgan fingerprint density at radius 2 is 2.20 bits per heavy atom. The van der Waals surface area contributed by atoms with Gasteiger partial charge in [0.05, 0.1) is 6.54 Å². The minimum Gasteiger partial charge on any atom is -0.492 e. The first-order chi connectivity index (χ1) is 9.47. The molecule has 0 saturated carbocycles. The van der Waals surface area contributed by atoms with Crippen LogP contribution in [0, 0.1) is 5.92 Å². The van der Waals surface area contributed by atoms with Gasteiger partial charge in [-0.15, -0.1) is 0 Å². The van der Waals surface area contributed by atoms with E-state index < -0.39 is 0 Å². The average Bonchev–Trinajstić information content (AvgIpc) is 2.36. The van der Waals surface area contributed by atoms with Gasteiger partial charge in [0.15, 0.2) is 0 Å². The molecule has 0 aliphatic rings. The highest BCUT2D eigenvalue weighted by Gasteiger charge is 2.06. The maximum absolute atomic E-state index is 11.6. The largest absolute Gasteiger partial charge is 0.492 e. The van der Waals surface area contributed by atoms with Crippen molar-refractivity contribution in [3.05, 3.63) is 29.3 Å². The number of rotatable bonds is 8. The van der Waals surface area contributed by atoms with Crippen molar-refractivity contribution in [1.29, 1.82) is 0 Å². The fraction of sp³-hybridized carbons (Fsp3) is 0.533. The highest BCUT2D eigenvalue weighted by molar-refractivity contribution is 6.30. The van der Waals surface area contributed by atoms with Crippen molar-refractivity contribution in [1.82, 2.24) is 10.2 Å². The Balaban J connectivity index is 2.19. The molecule has 112 valence electrons. The van der Waals surface area contributed by atoms with E-state index >= 15 is 0 Å². The number of likely N-dealkylation sites (N-methyl/N-ethyl adjacent to an activating group) is 1. The Hall–Kier alpha value is -1.26. The molecule has 0 spiro atoms. The normalized spacial score (nSPS) is 10.9. The van der Waals surface area contributed by atoms with Gasteiger partial charge in [0.1, 0.15) is 12.4 Å². The van der Waals surface area contributed by atoms with E-state index in [1.165, 1.54) is 0 Å². The predicted molar refractivity (Wildman–Crippen MR) is 82.3 cm³/mol. The zero-order valence-corrected chi connectivity index (χ0v) is 13.1. The van der Waals surface area contributed by atoms with Crippen molar-refractivity contribution in [3.63, 3.8) is 0 Å². The van der Waals surface area contributed by atoms with Crippen LogP contribution in [0.25, 0.3) is 0 Å². The van der Waals surface area contributed by atoms with Gasteiger partial charge in [-0.05, 0) is 31.2 Å². The Labute approximate surface area is 126 Å². The molecule has 0 heterocycles. The molecule has 0 atom stereocenters. The monoisotopic (exact) mass is 298 g/mol. The molecule has 1 aromatic carbocycles. The molecule has 1 rings (SSSR count). The highest BCUT2D eigenvalue weighted by atomic mass is 35.5. The molecular weight excluding hydrogens is 276 g/mol. The molecule has 1 aromatic rings. The van der Waals surface area contributed by atoms with E-state index in [9.17, 15) is 4.79 Å². The van der Waals surface area contributed by atoms with Crippen molar-refractivity contribution in [2.75, 3.05) is 33.3 Å². The van der Waals surface area contributed by atoms with Gasteiger partial charge in [0.2, 0.25) is 5.91 Å². The van der Waals surface area contributed by atoms with E-state index in [-0.39, 0.29) is 5.91 Å². The third-order valence-electron chi connectivity index (χ3n) is 2.66. The van der Waals surface area contributed by atoms with Crippen LogP contribution >= 0.6 is 11.6 Å². The minimum atomic E-state index is 0.0453. The second-order valence-electron chi connectivity index (χ2n) is 5.24. The van der Waals surface area contributed by atoms with Crippen LogP contribution < -0.4 is 10.1 Å². The van der Waals surface area contributed by atoms with Crippen LogP contribution in [0.4, 0.5) is 0 Å². The molecule has 0 saturated heterocycles. The van der Waals surface area contributed by atoms with Crippen molar-refractivity contribution < 1.29 is 9.53 Å². The van der Waals surface area contributed by atoms with Gasteiger partial charge in [0.25, 0.3) is 0 Å². The minimum absolute atomic E-state index is 0.0453. The lowest BCUT2D eigenvalue weighted by Crippen LogP contribution is -2.38. The van der Waals surface area contributed by atoms with E-state index in [0.717, 1.165) is 5.75 Å². The lowest BCUT2D eigenvalue weighted by molar-refractivity contribution is -0.122. The summed E-state index contributed by atoms with van der Waals surface area (Å²) in [5.74, 6) is 1.26. The van der Waals surface area contributed by atoms with E-state index in [0.29, 0.717) is 37.2 Å². The summed E-state index contributed by atoms with van der Waals surface area (Å²) in [5, 5.41) is 3.55. The molecule has 1 amide bonds. The smallest absolute Gasteiger partial charge is 0.234 e. The van der Waals surface area contributed by atoms with Crippen LogP contribution in [0.2, 0.25) is 5.02 Å². The summed E-state index contributed by atoms with van der Waals surface area (Å²) in [6.45, 7) is 6.44. The van der Waals surface area contributed by atoms with Gasteiger partial charge in [-0.1, -0.05) is 31.5 Å². The van der Waals surface area contributed by atoms with Crippen LogP contribution in [0.5, 0.6) is 5.75 Å². The summed E-state index contributed by atoms with van der Waals surface area (Å²) < 4.78 is 5.58. The first-order valence-electron chi connectivity index (χ1n) is 6.81. The molecule has 0 bridgehead atoms. The number of halogens is 1. The van der Waals surface area contributed by atoms with Crippen LogP contribution in [-0.4, -0.2) is 44.1 Å². The van der Waals surface area contributed by atoms with Crippen molar-refractivity contribution >= 4 is 17.5 Å². The van der Waals surface area contributed by atoms with Crippen LogP contribution in [0.15, 0.2) is 24.3 Å². The van der Waals surface area contributed by atoms with Crippen LogP contribution in [0.1, 0.15) is 13.8 Å². The Bertz CT molecular complexity index is 424. The number of nitrogens with one attached hydrogen (secondary N) is 1. The maximum atomic E-state index is 11.6. The summed E-state index contributed by atoms with van der Waals surface area (Å²) in [4.78, 5) is 13.6. The number of carbonyl (C=O) groups is 1. The lowest BCUT2D eigenvalue weighted by Gasteiger charge is -2.17. The zero-order chi connectivity index (χ0) is 15.0. The van der Waals surface area contributed by atoms with Crippen LogP contribution in [0.3, 0.4) is 0 Å². The summed E-state index contributed by atoms with van der Waals surface area (Å²) in [6.07, 6.45) is 0. The van der Waals surface area contributed by atoms with Gasteiger partial charge in [-0.3, -0.25) is 9.69 Å². The molecular formula is C15H23ClN2O2. The van der Waals surface area contributed by atoms with E-state index in [4.69, 9.17) is 16.3 Å². The molecule has 5 heteroatoms. The quantitative estimate of drug-likeness (QED) is 0.801. The Morgan fingerprint density at radius 1 is 1.45 bits per heavy atom. The van der Waals surface area contributed by atoms with Crippen molar-refractivity contribution in [2.45, 2.75) is 13.8 Å². The number of hydrogen-bond donors (Lipinski definition) is 1. The fourth-order valence-electron chi connectivity index (χ4n) is 1.57. The third-order valence-corrected chi connectivity index (χ3v) is 2.89. The van der Waals surface area contributed by atoms with Gasteiger partial charge >= 0.3 is 0 Å². The average molecular weight is 299 g/mol. The molecule has 0 radical (unpaired) electrons. The van der Waals surface area contributed by atoms with Gasteiger partial charge in [-0.2, -0.15) is 0 Å². The first-order valence-corrected chi connectivity index (χ1v) is 7.18. The van der Waals surface area contributed by atoms with Gasteiger partial charge < -0.3 is 10.1 Å². The van der Waals surface area contributed by atoms with Crippen molar-refractivity contribution in [2.24, 2.45) is 5.92 Å². The predicted octanol–water partition coefficient (Wildman–Crippen LogP) is 2.42. The third kappa shape index (κ3) is 7.36. The summed E-state index contributed by atoms with van der Waals surface area (Å²) in [7, 11) is 1.90. The summed E-state index contributed by atoms with van der Waals surface area (Å²) in [5.41, 5.74) is 0. The van der Waals surface area contributed by atoms with Crippen LogP contribution in [-0.2, 0) is 4.79 Å². The number of ether oxygens (including phenoxy) is 1.